The van der Waals surface area contributed by atoms with Gasteiger partial charge in [-0.3, -0.25) is 9.59 Å². The molecule has 1 amide bonds. The van der Waals surface area contributed by atoms with Gasteiger partial charge < -0.3 is 14.5 Å². The highest BCUT2D eigenvalue weighted by molar-refractivity contribution is 6.31. The maximum absolute atomic E-state index is 12.3. The van der Waals surface area contributed by atoms with Gasteiger partial charge in [0.15, 0.2) is 11.5 Å². The van der Waals surface area contributed by atoms with Crippen LogP contribution in [0.2, 0.25) is 5.02 Å². The Morgan fingerprint density at radius 3 is 2.52 bits per heavy atom. The Morgan fingerprint density at radius 1 is 1.11 bits per heavy atom. The number of anilines is 1. The van der Waals surface area contributed by atoms with Crippen molar-refractivity contribution in [3.8, 4) is 0 Å². The number of hydrogen-bond acceptors (Lipinski definition) is 5. The van der Waals surface area contributed by atoms with Crippen LogP contribution in [0.4, 0.5) is 5.69 Å². The zero-order valence-electron chi connectivity index (χ0n) is 14.6. The summed E-state index contributed by atoms with van der Waals surface area (Å²) in [6.07, 6.45) is -1.08. The molecule has 0 fully saturated rings. The highest BCUT2D eigenvalue weighted by Crippen LogP contribution is 2.18. The number of rotatable bonds is 4. The van der Waals surface area contributed by atoms with Crippen LogP contribution in [-0.2, 0) is 9.53 Å². The predicted octanol–water partition coefficient (Wildman–Crippen LogP) is 3.94. The third-order valence-corrected chi connectivity index (χ3v) is 4.10. The van der Waals surface area contributed by atoms with Crippen LogP contribution in [-0.4, -0.2) is 18.0 Å². The van der Waals surface area contributed by atoms with E-state index in [0.717, 1.165) is 11.6 Å². The molecule has 1 heterocycles. The van der Waals surface area contributed by atoms with Crippen LogP contribution in [0.1, 0.15) is 23.0 Å². The van der Waals surface area contributed by atoms with Gasteiger partial charge in [-0.15, -0.1) is 0 Å². The van der Waals surface area contributed by atoms with E-state index < -0.39 is 23.4 Å². The summed E-state index contributed by atoms with van der Waals surface area (Å²) in [6.45, 7) is 3.36. The van der Waals surface area contributed by atoms with Gasteiger partial charge in [0, 0.05) is 16.8 Å². The van der Waals surface area contributed by atoms with Crippen LogP contribution < -0.4 is 10.7 Å². The summed E-state index contributed by atoms with van der Waals surface area (Å²) >= 11 is 5.86. The van der Waals surface area contributed by atoms with Gasteiger partial charge in [0.2, 0.25) is 5.76 Å². The van der Waals surface area contributed by atoms with Gasteiger partial charge in [-0.25, -0.2) is 4.79 Å². The molecule has 2 aromatic carbocycles. The average molecular weight is 386 g/mol. The van der Waals surface area contributed by atoms with Gasteiger partial charge >= 0.3 is 5.97 Å². The van der Waals surface area contributed by atoms with Crippen LogP contribution in [0.15, 0.2) is 57.7 Å². The molecule has 138 valence electrons. The van der Waals surface area contributed by atoms with Crippen LogP contribution in [0.25, 0.3) is 11.0 Å². The van der Waals surface area contributed by atoms with Crippen molar-refractivity contribution in [2.75, 3.05) is 5.32 Å². The summed E-state index contributed by atoms with van der Waals surface area (Å²) in [7, 11) is 0. The summed E-state index contributed by atoms with van der Waals surface area (Å²) in [5, 5.41) is 3.28. The molecule has 6 nitrogen and oxygen atoms in total. The van der Waals surface area contributed by atoms with Crippen LogP contribution in [0.5, 0.6) is 0 Å². The van der Waals surface area contributed by atoms with E-state index in [2.05, 4.69) is 5.32 Å². The molecular weight excluding hydrogens is 370 g/mol. The van der Waals surface area contributed by atoms with Gasteiger partial charge in [0.05, 0.1) is 5.39 Å². The van der Waals surface area contributed by atoms with E-state index in [1.54, 1.807) is 18.2 Å². The van der Waals surface area contributed by atoms with E-state index in [1.807, 2.05) is 19.1 Å². The fourth-order valence-corrected chi connectivity index (χ4v) is 2.55. The maximum atomic E-state index is 12.3. The second-order valence-electron chi connectivity index (χ2n) is 6.02. The molecule has 1 atom stereocenters. The van der Waals surface area contributed by atoms with E-state index in [9.17, 15) is 14.4 Å². The lowest BCUT2D eigenvalue weighted by Gasteiger charge is -2.13. The van der Waals surface area contributed by atoms with Crippen LogP contribution in [0.3, 0.4) is 0 Å². The maximum Gasteiger partial charge on any atom is 0.375 e. The SMILES string of the molecule is Cc1ccc(NC(=O)[C@H](C)OC(=O)c2cc(=O)c3cc(Cl)ccc3o2)cc1. The van der Waals surface area contributed by atoms with Crippen molar-refractivity contribution in [2.24, 2.45) is 0 Å². The second-order valence-corrected chi connectivity index (χ2v) is 6.45. The molecule has 0 aliphatic heterocycles. The molecule has 0 bridgehead atoms. The lowest BCUT2D eigenvalue weighted by atomic mass is 10.2. The van der Waals surface area contributed by atoms with Crippen molar-refractivity contribution in [1.82, 2.24) is 0 Å². The lowest BCUT2D eigenvalue weighted by Crippen LogP contribution is -2.30. The van der Waals surface area contributed by atoms with Crippen molar-refractivity contribution >= 4 is 40.1 Å². The third-order valence-electron chi connectivity index (χ3n) is 3.86. The van der Waals surface area contributed by atoms with E-state index in [0.29, 0.717) is 10.7 Å². The number of amides is 1. The first-order chi connectivity index (χ1) is 12.8. The molecule has 3 rings (SSSR count). The standard InChI is InChI=1S/C20H16ClNO5/c1-11-3-6-14(7-4-11)22-19(24)12(2)26-20(25)18-10-16(23)15-9-13(21)5-8-17(15)27-18/h3-10,12H,1-2H3,(H,22,24)/t12-/m0/s1. The van der Waals surface area contributed by atoms with Gasteiger partial charge in [0.1, 0.15) is 5.58 Å². The highest BCUT2D eigenvalue weighted by atomic mass is 35.5. The number of aryl methyl sites for hydroxylation is 1. The van der Waals surface area contributed by atoms with Gasteiger partial charge in [-0.05, 0) is 44.2 Å². The number of fused-ring (bicyclic) bond motifs is 1. The van der Waals surface area contributed by atoms with Crippen molar-refractivity contribution in [2.45, 2.75) is 20.0 Å². The molecule has 7 heteroatoms. The van der Waals surface area contributed by atoms with Gasteiger partial charge in [0.25, 0.3) is 5.91 Å². The number of halogens is 1. The molecule has 0 radical (unpaired) electrons. The second kappa shape index (κ2) is 7.63. The highest BCUT2D eigenvalue weighted by Gasteiger charge is 2.21. The molecule has 0 aliphatic rings. The number of carbonyl (C=O) groups is 2. The molecule has 0 unspecified atom stereocenters. The molecule has 1 aromatic heterocycles. The monoisotopic (exact) mass is 385 g/mol. The summed E-state index contributed by atoms with van der Waals surface area (Å²) < 4.78 is 10.5. The number of carbonyl (C=O) groups excluding carboxylic acids is 2. The Labute approximate surface area is 159 Å². The molecule has 1 N–H and O–H groups in total. The lowest BCUT2D eigenvalue weighted by molar-refractivity contribution is -0.123. The molecule has 0 spiro atoms. The number of hydrogen-bond donors (Lipinski definition) is 1. The van der Waals surface area contributed by atoms with E-state index in [1.165, 1.54) is 19.1 Å². The van der Waals surface area contributed by atoms with Crippen LogP contribution in [0, 0.1) is 6.92 Å². The smallest absolute Gasteiger partial charge is 0.375 e. The van der Waals surface area contributed by atoms with Crippen molar-refractivity contribution in [3.63, 3.8) is 0 Å². The first-order valence-corrected chi connectivity index (χ1v) is 8.53. The summed E-state index contributed by atoms with van der Waals surface area (Å²) in [4.78, 5) is 36.6. The zero-order chi connectivity index (χ0) is 19.6. The summed E-state index contributed by atoms with van der Waals surface area (Å²) in [5.74, 6) is -1.69. The molecule has 0 saturated heterocycles. The first kappa shape index (κ1) is 18.7. The Balaban J connectivity index is 1.73. The summed E-state index contributed by atoms with van der Waals surface area (Å²) in [6, 6.07) is 12.7. The van der Waals surface area contributed by atoms with Gasteiger partial charge in [-0.2, -0.15) is 0 Å². The fourth-order valence-electron chi connectivity index (χ4n) is 2.38. The normalized spacial score (nSPS) is 11.8. The third kappa shape index (κ3) is 4.35. The quantitative estimate of drug-likeness (QED) is 0.687. The minimum Gasteiger partial charge on any atom is -0.449 e. The number of esters is 1. The molecule has 27 heavy (non-hydrogen) atoms. The minimum absolute atomic E-state index is 0.204. The van der Waals surface area contributed by atoms with Crippen molar-refractivity contribution < 1.29 is 18.7 Å². The predicted molar refractivity (Wildman–Crippen MR) is 102 cm³/mol. The Morgan fingerprint density at radius 2 is 1.81 bits per heavy atom. The molecule has 0 aliphatic carbocycles. The number of ether oxygens (including phenoxy) is 1. The average Bonchev–Trinajstić information content (AvgIpc) is 2.63. The van der Waals surface area contributed by atoms with Gasteiger partial charge in [-0.1, -0.05) is 29.3 Å². The summed E-state index contributed by atoms with van der Waals surface area (Å²) in [5.41, 5.74) is 1.42. The zero-order valence-corrected chi connectivity index (χ0v) is 15.4. The van der Waals surface area contributed by atoms with Crippen LogP contribution >= 0.6 is 11.6 Å². The molecule has 3 aromatic rings. The van der Waals surface area contributed by atoms with Crippen molar-refractivity contribution in [1.29, 1.82) is 0 Å². The van der Waals surface area contributed by atoms with E-state index in [4.69, 9.17) is 20.8 Å². The Bertz CT molecular complexity index is 1070. The minimum atomic E-state index is -1.08. The Kier molecular flexibility index (Phi) is 5.28. The molecule has 0 saturated carbocycles. The fraction of sp³-hybridized carbons (Fsp3) is 0.150. The Hall–Kier alpha value is -3.12. The number of nitrogens with one attached hydrogen (secondary N) is 1. The number of benzene rings is 2. The first-order valence-electron chi connectivity index (χ1n) is 8.15. The molecular formula is C20H16ClNO5. The largest absolute Gasteiger partial charge is 0.449 e. The topological polar surface area (TPSA) is 85.6 Å². The van der Waals surface area contributed by atoms with Crippen molar-refractivity contribution in [3.05, 3.63) is 75.1 Å². The van der Waals surface area contributed by atoms with E-state index >= 15 is 0 Å². The van der Waals surface area contributed by atoms with E-state index in [-0.39, 0.29) is 16.7 Å².